The van der Waals surface area contributed by atoms with E-state index in [1.54, 1.807) is 36.4 Å². The summed E-state index contributed by atoms with van der Waals surface area (Å²) in [5, 5.41) is 0. The molecule has 2 atom stereocenters. The van der Waals surface area contributed by atoms with Crippen LogP contribution in [-0.2, 0) is 11.2 Å². The fourth-order valence-electron chi connectivity index (χ4n) is 3.20. The normalized spacial score (nSPS) is 25.4. The Morgan fingerprint density at radius 2 is 1.50 bits per heavy atom. The van der Waals surface area contributed by atoms with Crippen LogP contribution in [0.3, 0.4) is 0 Å². The fourth-order valence-corrected chi connectivity index (χ4v) is 3.20. The maximum Gasteiger partial charge on any atom is 0.175 e. The zero-order chi connectivity index (χ0) is 17.0. The summed E-state index contributed by atoms with van der Waals surface area (Å²) in [5.74, 6) is -0.151. The van der Waals surface area contributed by atoms with Crippen LogP contribution in [0.15, 0.2) is 85.0 Å². The predicted octanol–water partition coefficient (Wildman–Crippen LogP) is 3.12. The van der Waals surface area contributed by atoms with Gasteiger partial charge in [-0.25, -0.2) is 0 Å². The molecule has 3 nitrogen and oxygen atoms in total. The molecule has 0 saturated carbocycles. The van der Waals surface area contributed by atoms with Crippen molar-refractivity contribution in [2.24, 2.45) is 11.1 Å². The third-order valence-corrected chi connectivity index (χ3v) is 4.60. The molecular formula is C21H19NO2. The Hall–Kier alpha value is -2.78. The monoisotopic (exact) mass is 317 g/mol. The molecule has 0 aromatic heterocycles. The molecule has 0 heterocycles. The molecule has 2 aromatic rings. The first-order valence-electron chi connectivity index (χ1n) is 7.87. The number of hydrogen-bond acceptors (Lipinski definition) is 3. The van der Waals surface area contributed by atoms with Crippen LogP contribution in [-0.4, -0.2) is 17.6 Å². The number of rotatable bonds is 5. The standard InChI is InChI=1S/C21H19NO2/c22-21(16-23)14-8-7-13-20(21,15-17-9-3-1-4-10-17)19(24)18-11-5-2-6-12-18/h1-14,16H,15,22H2. The van der Waals surface area contributed by atoms with Gasteiger partial charge in [0.25, 0.3) is 0 Å². The number of hydrogen-bond donors (Lipinski definition) is 1. The van der Waals surface area contributed by atoms with E-state index in [9.17, 15) is 9.59 Å². The van der Waals surface area contributed by atoms with Gasteiger partial charge in [-0.15, -0.1) is 0 Å². The Bertz CT molecular complexity index is 795. The van der Waals surface area contributed by atoms with Crippen LogP contribution in [0.5, 0.6) is 0 Å². The molecule has 0 radical (unpaired) electrons. The van der Waals surface area contributed by atoms with Gasteiger partial charge in [0, 0.05) is 5.56 Å². The highest BCUT2D eigenvalue weighted by atomic mass is 16.1. The fraction of sp³-hybridized carbons (Fsp3) is 0.143. The summed E-state index contributed by atoms with van der Waals surface area (Å²) in [4.78, 5) is 25.2. The van der Waals surface area contributed by atoms with Crippen molar-refractivity contribution < 1.29 is 9.59 Å². The van der Waals surface area contributed by atoms with Gasteiger partial charge in [-0.05, 0) is 12.0 Å². The molecule has 3 rings (SSSR count). The average Bonchev–Trinajstić information content (AvgIpc) is 2.64. The van der Waals surface area contributed by atoms with E-state index in [4.69, 9.17) is 5.73 Å². The largest absolute Gasteiger partial charge is 0.315 e. The number of carbonyl (C=O) groups excluding carboxylic acids is 2. The average molecular weight is 317 g/mol. The summed E-state index contributed by atoms with van der Waals surface area (Å²) in [7, 11) is 0. The van der Waals surface area contributed by atoms with Gasteiger partial charge in [-0.2, -0.15) is 0 Å². The van der Waals surface area contributed by atoms with Crippen LogP contribution in [0.4, 0.5) is 0 Å². The van der Waals surface area contributed by atoms with E-state index in [1.807, 2.05) is 48.5 Å². The molecule has 0 bridgehead atoms. The number of nitrogens with two attached hydrogens (primary N) is 1. The van der Waals surface area contributed by atoms with Crippen molar-refractivity contribution in [1.82, 2.24) is 0 Å². The smallest absolute Gasteiger partial charge is 0.175 e. The van der Waals surface area contributed by atoms with Crippen molar-refractivity contribution >= 4 is 12.1 Å². The quantitative estimate of drug-likeness (QED) is 0.681. The highest BCUT2D eigenvalue weighted by Crippen LogP contribution is 2.40. The number of carbonyl (C=O) groups is 2. The molecule has 0 fully saturated rings. The third kappa shape index (κ3) is 2.63. The Kier molecular flexibility index (Phi) is 4.28. The summed E-state index contributed by atoms with van der Waals surface area (Å²) in [6.07, 6.45) is 7.93. The highest BCUT2D eigenvalue weighted by molar-refractivity contribution is 6.06. The van der Waals surface area contributed by atoms with Crippen LogP contribution < -0.4 is 5.73 Å². The Balaban J connectivity index is 2.14. The molecule has 3 heteroatoms. The summed E-state index contributed by atoms with van der Waals surface area (Å²) in [6.45, 7) is 0. The predicted molar refractivity (Wildman–Crippen MR) is 94.6 cm³/mol. The molecule has 2 unspecified atom stereocenters. The topological polar surface area (TPSA) is 60.2 Å². The van der Waals surface area contributed by atoms with E-state index >= 15 is 0 Å². The van der Waals surface area contributed by atoms with Crippen molar-refractivity contribution in [3.63, 3.8) is 0 Å². The molecule has 24 heavy (non-hydrogen) atoms. The zero-order valence-electron chi connectivity index (χ0n) is 13.3. The maximum atomic E-state index is 13.4. The molecule has 1 aliphatic carbocycles. The molecule has 2 N–H and O–H groups in total. The summed E-state index contributed by atoms with van der Waals surface area (Å²) < 4.78 is 0. The van der Waals surface area contributed by atoms with Crippen molar-refractivity contribution in [1.29, 1.82) is 0 Å². The third-order valence-electron chi connectivity index (χ3n) is 4.60. The summed E-state index contributed by atoms with van der Waals surface area (Å²) in [5.41, 5.74) is 5.37. The van der Waals surface area contributed by atoms with E-state index in [0.717, 1.165) is 5.56 Å². The van der Waals surface area contributed by atoms with Gasteiger partial charge in [0.05, 0.1) is 5.41 Å². The molecule has 0 spiro atoms. The zero-order valence-corrected chi connectivity index (χ0v) is 13.3. The van der Waals surface area contributed by atoms with Crippen LogP contribution in [0.25, 0.3) is 0 Å². The lowest BCUT2D eigenvalue weighted by Gasteiger charge is -2.42. The molecule has 2 aromatic carbocycles. The van der Waals surface area contributed by atoms with E-state index in [1.165, 1.54) is 0 Å². The van der Waals surface area contributed by atoms with Gasteiger partial charge in [0.15, 0.2) is 5.78 Å². The van der Waals surface area contributed by atoms with Crippen molar-refractivity contribution in [2.45, 2.75) is 12.0 Å². The van der Waals surface area contributed by atoms with Gasteiger partial charge < -0.3 is 10.5 Å². The van der Waals surface area contributed by atoms with Gasteiger partial charge >= 0.3 is 0 Å². The maximum absolute atomic E-state index is 13.4. The molecule has 0 amide bonds. The highest BCUT2D eigenvalue weighted by Gasteiger charge is 2.52. The van der Waals surface area contributed by atoms with Crippen LogP contribution in [0, 0.1) is 5.41 Å². The summed E-state index contributed by atoms with van der Waals surface area (Å²) in [6, 6.07) is 18.6. The molecule has 1 aliphatic rings. The second-order valence-corrected chi connectivity index (χ2v) is 6.10. The molecule has 0 aliphatic heterocycles. The SMILES string of the molecule is NC1(C=O)C=CC=CC1(Cc1ccccc1)C(=O)c1ccccc1. The minimum atomic E-state index is -1.38. The number of benzene rings is 2. The van der Waals surface area contributed by atoms with Gasteiger partial charge in [-0.1, -0.05) is 85.0 Å². The van der Waals surface area contributed by atoms with Crippen LogP contribution in [0.1, 0.15) is 15.9 Å². The number of allylic oxidation sites excluding steroid dienone is 2. The van der Waals surface area contributed by atoms with E-state index in [2.05, 4.69) is 0 Å². The Morgan fingerprint density at radius 1 is 0.917 bits per heavy atom. The number of ketones is 1. The van der Waals surface area contributed by atoms with Crippen molar-refractivity contribution in [3.8, 4) is 0 Å². The first-order valence-corrected chi connectivity index (χ1v) is 7.87. The van der Waals surface area contributed by atoms with E-state index < -0.39 is 11.0 Å². The van der Waals surface area contributed by atoms with Gasteiger partial charge in [0.1, 0.15) is 11.8 Å². The van der Waals surface area contributed by atoms with Crippen molar-refractivity contribution in [2.75, 3.05) is 0 Å². The molecule has 120 valence electrons. The first-order chi connectivity index (χ1) is 11.6. The van der Waals surface area contributed by atoms with E-state index in [0.29, 0.717) is 18.3 Å². The van der Waals surface area contributed by atoms with Crippen LogP contribution >= 0.6 is 0 Å². The van der Waals surface area contributed by atoms with Crippen molar-refractivity contribution in [3.05, 3.63) is 96.1 Å². The minimum absolute atomic E-state index is 0.151. The lowest BCUT2D eigenvalue weighted by atomic mass is 9.61. The lowest BCUT2D eigenvalue weighted by Crippen LogP contribution is -2.60. The molecule has 0 saturated heterocycles. The first kappa shape index (κ1) is 16.1. The Morgan fingerprint density at radius 3 is 2.12 bits per heavy atom. The minimum Gasteiger partial charge on any atom is -0.315 e. The van der Waals surface area contributed by atoms with Gasteiger partial charge in [-0.3, -0.25) is 4.79 Å². The summed E-state index contributed by atoms with van der Waals surface area (Å²) >= 11 is 0. The van der Waals surface area contributed by atoms with Crippen LogP contribution in [0.2, 0.25) is 0 Å². The van der Waals surface area contributed by atoms with Gasteiger partial charge in [0.2, 0.25) is 0 Å². The lowest BCUT2D eigenvalue weighted by molar-refractivity contribution is -0.113. The Labute approximate surface area is 141 Å². The number of Topliss-reactive ketones (excluding diaryl/α,β-unsaturated/α-hetero) is 1. The second kappa shape index (κ2) is 6.38. The number of aldehydes is 1. The second-order valence-electron chi connectivity index (χ2n) is 6.10. The van der Waals surface area contributed by atoms with E-state index in [-0.39, 0.29) is 5.78 Å². The molecular weight excluding hydrogens is 298 g/mol.